The first-order chi connectivity index (χ1) is 23.9. The van der Waals surface area contributed by atoms with Crippen molar-refractivity contribution >= 4 is 23.4 Å². The van der Waals surface area contributed by atoms with Crippen LogP contribution in [0.25, 0.3) is 0 Å². The number of phenols is 2. The molecule has 0 spiro atoms. The summed E-state index contributed by atoms with van der Waals surface area (Å²) in [4.78, 5) is 53.4. The average molecular weight is 696 g/mol. The van der Waals surface area contributed by atoms with Crippen LogP contribution in [0.5, 0.6) is 17.2 Å². The maximum atomic E-state index is 13.9. The third-order valence-corrected chi connectivity index (χ3v) is 10.0. The summed E-state index contributed by atoms with van der Waals surface area (Å²) in [6, 6.07) is 3.41. The third kappa shape index (κ3) is 6.37. The van der Waals surface area contributed by atoms with Crippen molar-refractivity contribution in [3.05, 3.63) is 63.7 Å². The van der Waals surface area contributed by atoms with E-state index in [4.69, 9.17) is 18.9 Å². The number of carbonyl (C=O) groups is 4. The molecule has 1 saturated heterocycles. The highest BCUT2D eigenvalue weighted by atomic mass is 16.7. The van der Waals surface area contributed by atoms with Gasteiger partial charge in [-0.25, -0.2) is 4.79 Å². The number of hydrogen-bond acceptors (Lipinski definition) is 13. The van der Waals surface area contributed by atoms with Crippen LogP contribution in [0.4, 0.5) is 4.79 Å². The van der Waals surface area contributed by atoms with Crippen molar-refractivity contribution in [2.75, 3.05) is 13.7 Å². The van der Waals surface area contributed by atoms with Gasteiger partial charge in [0.15, 0.2) is 17.9 Å². The Kier molecular flexibility index (Phi) is 10.0. The zero-order valence-electron chi connectivity index (χ0n) is 27.7. The molecule has 0 saturated carbocycles. The first kappa shape index (κ1) is 35.5. The fourth-order valence-corrected chi connectivity index (χ4v) is 7.41. The molecule has 0 aromatic heterocycles. The number of aliphatic hydroxyl groups is 3. The number of nitrogens with one attached hydrogen (secondary N) is 1. The summed E-state index contributed by atoms with van der Waals surface area (Å²) in [5, 5.41) is 58.1. The van der Waals surface area contributed by atoms with Gasteiger partial charge in [0.25, 0.3) is 0 Å². The number of fused-ring (bicyclic) bond motifs is 3. The number of hydrogen-bond donors (Lipinski definition) is 6. The van der Waals surface area contributed by atoms with E-state index < -0.39 is 108 Å². The Morgan fingerprint density at radius 2 is 1.82 bits per heavy atom. The van der Waals surface area contributed by atoms with Crippen LogP contribution in [-0.2, 0) is 25.4 Å². The Balaban J connectivity index is 1.33. The van der Waals surface area contributed by atoms with Crippen molar-refractivity contribution in [1.82, 2.24) is 5.32 Å². The molecule has 0 radical (unpaired) electrons. The van der Waals surface area contributed by atoms with E-state index in [9.17, 15) is 44.7 Å². The number of ketones is 3. The van der Waals surface area contributed by atoms with Gasteiger partial charge in [0.1, 0.15) is 41.7 Å². The molecule has 14 nitrogen and oxygen atoms in total. The molecule has 1 amide bonds. The molecule has 2 aromatic rings. The van der Waals surface area contributed by atoms with Crippen LogP contribution in [0.2, 0.25) is 0 Å². The van der Waals surface area contributed by atoms with E-state index in [-0.39, 0.29) is 34.4 Å². The first-order valence-corrected chi connectivity index (χ1v) is 16.7. The van der Waals surface area contributed by atoms with E-state index in [0.717, 1.165) is 25.7 Å². The number of methoxy groups -OCH3 is 1. The van der Waals surface area contributed by atoms with Crippen LogP contribution in [0, 0.1) is 0 Å². The maximum absolute atomic E-state index is 13.9. The van der Waals surface area contributed by atoms with Crippen LogP contribution in [0.3, 0.4) is 0 Å². The average Bonchev–Trinajstić information content (AvgIpc) is 3.07. The standard InChI is InChI=1S/C36H41NO13/c1-17-30(40)21(37-35(45)49-18-9-6-4-3-5-7-10-18)13-25(48-17)50-23-15-36(46,24(39)16-38)14-20-27(23)34(44)29-28(32(20)42)31(41)19-11-8-12-22(47-2)26(19)33(29)43/h6,8-9,11-12,17-18,21,23,25,30,38,40,42,44,46H,3-5,7,10,13-16H2,1-2H3,(H,37,45)/b9-6+/t17-,18?,21-,23-,25-,30+,36-/m1/s1. The molecule has 1 fully saturated rings. The second-order valence-corrected chi connectivity index (χ2v) is 13.3. The second-order valence-electron chi connectivity index (χ2n) is 13.3. The van der Waals surface area contributed by atoms with Gasteiger partial charge in [-0.2, -0.15) is 0 Å². The fourth-order valence-electron chi connectivity index (χ4n) is 7.41. The molecule has 7 atom stereocenters. The van der Waals surface area contributed by atoms with Crippen molar-refractivity contribution in [1.29, 1.82) is 0 Å². The first-order valence-electron chi connectivity index (χ1n) is 16.7. The molecule has 6 N–H and O–H groups in total. The van der Waals surface area contributed by atoms with Crippen molar-refractivity contribution < 1.29 is 63.7 Å². The third-order valence-electron chi connectivity index (χ3n) is 10.0. The van der Waals surface area contributed by atoms with Gasteiger partial charge >= 0.3 is 6.09 Å². The van der Waals surface area contributed by atoms with Crippen LogP contribution in [0.1, 0.15) is 101 Å². The Hall–Kier alpha value is -4.34. The van der Waals surface area contributed by atoms with Crippen LogP contribution in [-0.4, -0.2) is 98.9 Å². The minimum absolute atomic E-state index is 0.0737. The number of phenolic OH excluding ortho intramolecular Hbond substituents is 2. The lowest BCUT2D eigenvalue weighted by atomic mass is 9.72. The van der Waals surface area contributed by atoms with Crippen molar-refractivity contribution in [3.63, 3.8) is 0 Å². The highest BCUT2D eigenvalue weighted by Gasteiger charge is 2.50. The topological polar surface area (TPSA) is 218 Å². The van der Waals surface area contributed by atoms with Gasteiger partial charge in [-0.1, -0.05) is 24.6 Å². The summed E-state index contributed by atoms with van der Waals surface area (Å²) in [6.07, 6.45) is 1.13. The van der Waals surface area contributed by atoms with Crippen LogP contribution >= 0.6 is 0 Å². The number of aliphatic hydroxyl groups excluding tert-OH is 2. The molecule has 1 unspecified atom stereocenters. The number of ether oxygens (including phenoxy) is 4. The van der Waals surface area contributed by atoms with Crippen molar-refractivity contribution in [2.24, 2.45) is 0 Å². The highest BCUT2D eigenvalue weighted by Crippen LogP contribution is 2.52. The lowest BCUT2D eigenvalue weighted by Crippen LogP contribution is -2.56. The van der Waals surface area contributed by atoms with Crippen LogP contribution < -0.4 is 10.1 Å². The Morgan fingerprint density at radius 1 is 1.06 bits per heavy atom. The molecule has 3 aliphatic carbocycles. The van der Waals surface area contributed by atoms with Crippen LogP contribution in [0.15, 0.2) is 30.4 Å². The minimum atomic E-state index is -2.32. The lowest BCUT2D eigenvalue weighted by Gasteiger charge is -2.42. The van der Waals surface area contributed by atoms with Gasteiger partial charge in [0.2, 0.25) is 5.78 Å². The van der Waals surface area contributed by atoms with Gasteiger partial charge in [-0.3, -0.25) is 14.4 Å². The largest absolute Gasteiger partial charge is 0.507 e. The summed E-state index contributed by atoms with van der Waals surface area (Å²) in [6.45, 7) is 0.487. The zero-order chi connectivity index (χ0) is 35.9. The summed E-state index contributed by atoms with van der Waals surface area (Å²) in [5.41, 5.74) is -3.93. The highest BCUT2D eigenvalue weighted by molar-refractivity contribution is 6.31. The van der Waals surface area contributed by atoms with E-state index in [1.165, 1.54) is 25.3 Å². The summed E-state index contributed by atoms with van der Waals surface area (Å²) < 4.78 is 23.0. The van der Waals surface area contributed by atoms with Gasteiger partial charge in [0, 0.05) is 36.0 Å². The quantitative estimate of drug-likeness (QED) is 0.155. The number of aromatic hydroxyl groups is 2. The van der Waals surface area contributed by atoms with Gasteiger partial charge in [0.05, 0.1) is 42.0 Å². The van der Waals surface area contributed by atoms with Gasteiger partial charge in [-0.15, -0.1) is 0 Å². The molecule has 50 heavy (non-hydrogen) atoms. The SMILES string of the molecule is COc1cccc2c1C(=O)c1c(O)c3c(c(O)c1C2=O)C[C@](O)(C(=O)CO)C[C@H]3O[C@@H]1C[C@@H](NC(=O)OC2/C=C/CCCCC2)[C@@H](O)[C@@H](C)O1. The van der Waals surface area contributed by atoms with Gasteiger partial charge < -0.3 is 49.8 Å². The zero-order valence-corrected chi connectivity index (χ0v) is 27.7. The number of rotatable bonds is 7. The molecule has 6 rings (SSSR count). The molecular weight excluding hydrogens is 654 g/mol. The molecule has 4 aliphatic rings. The fraction of sp³-hybridized carbons (Fsp3) is 0.500. The van der Waals surface area contributed by atoms with E-state index in [2.05, 4.69) is 5.32 Å². The number of allylic oxidation sites excluding steroid dienone is 1. The summed E-state index contributed by atoms with van der Waals surface area (Å²) in [5.74, 6) is -3.98. The smallest absolute Gasteiger partial charge is 0.408 e. The molecule has 14 heteroatoms. The van der Waals surface area contributed by atoms with E-state index in [1.54, 1.807) is 6.92 Å². The summed E-state index contributed by atoms with van der Waals surface area (Å²) in [7, 11) is 1.31. The Morgan fingerprint density at radius 3 is 2.56 bits per heavy atom. The summed E-state index contributed by atoms with van der Waals surface area (Å²) >= 11 is 0. The second kappa shape index (κ2) is 14.1. The molecule has 1 heterocycles. The molecular formula is C36H41NO13. The Bertz CT molecular complexity index is 1740. The van der Waals surface area contributed by atoms with Gasteiger partial charge in [-0.05, 0) is 44.7 Å². The lowest BCUT2D eigenvalue weighted by molar-refractivity contribution is -0.249. The number of amides is 1. The number of carbonyl (C=O) groups excluding carboxylic acids is 4. The monoisotopic (exact) mass is 695 g/mol. The molecule has 1 aliphatic heterocycles. The van der Waals surface area contributed by atoms with Crippen molar-refractivity contribution in [2.45, 2.75) is 101 Å². The minimum Gasteiger partial charge on any atom is -0.507 e. The molecule has 0 bridgehead atoms. The maximum Gasteiger partial charge on any atom is 0.408 e. The number of alkyl carbamates (subject to hydrolysis) is 1. The van der Waals surface area contributed by atoms with E-state index in [1.807, 2.05) is 12.2 Å². The van der Waals surface area contributed by atoms with Crippen molar-refractivity contribution in [3.8, 4) is 17.2 Å². The predicted octanol–water partition coefficient (Wildman–Crippen LogP) is 2.66. The number of benzene rings is 2. The van der Waals surface area contributed by atoms with E-state index in [0.29, 0.717) is 6.42 Å². The Labute approximate surface area is 287 Å². The molecule has 268 valence electrons. The predicted molar refractivity (Wildman–Crippen MR) is 173 cm³/mol. The normalized spacial score (nSPS) is 29.8. The molecule has 2 aromatic carbocycles. The number of Topliss-reactive ketones (excluding diaryl/α,β-unsaturated/α-hetero) is 1. The van der Waals surface area contributed by atoms with E-state index >= 15 is 0 Å².